The lowest BCUT2D eigenvalue weighted by molar-refractivity contribution is 0.166. The molecule has 1 nitrogen and oxygen atoms in total. The van der Waals surface area contributed by atoms with Gasteiger partial charge in [-0.05, 0) is 73.0 Å². The molecule has 4 aliphatic rings. The van der Waals surface area contributed by atoms with Gasteiger partial charge in [0.1, 0.15) is 0 Å². The summed E-state index contributed by atoms with van der Waals surface area (Å²) in [6.45, 7) is 0. The summed E-state index contributed by atoms with van der Waals surface area (Å²) in [5.41, 5.74) is 5.64. The first-order valence-corrected chi connectivity index (χ1v) is 8.42. The van der Waals surface area contributed by atoms with Crippen LogP contribution < -0.4 is 0 Å². The van der Waals surface area contributed by atoms with E-state index in [9.17, 15) is 0 Å². The largest absolute Gasteiger partial charge is 0.256 e. The first-order valence-electron chi connectivity index (χ1n) is 8.42. The molecule has 1 aromatic heterocycles. The number of pyridine rings is 1. The standard InChI is InChI=1S/C20H21N/c1-2-4-15(5-3-1)20-11-18-16-7-13-6-14(8-16)10-17(9-13)19(18)12-21-20/h1-5,11-14,16-17H,6-10H2. The van der Waals surface area contributed by atoms with Gasteiger partial charge in [0.05, 0.1) is 5.69 Å². The quantitative estimate of drug-likeness (QED) is 0.702. The summed E-state index contributed by atoms with van der Waals surface area (Å²) in [5.74, 6) is 3.58. The van der Waals surface area contributed by atoms with Crippen molar-refractivity contribution in [1.82, 2.24) is 4.98 Å². The van der Waals surface area contributed by atoms with Crippen LogP contribution in [0.2, 0.25) is 0 Å². The summed E-state index contributed by atoms with van der Waals surface area (Å²) in [6, 6.07) is 13.1. The van der Waals surface area contributed by atoms with Crippen molar-refractivity contribution in [2.45, 2.75) is 43.9 Å². The van der Waals surface area contributed by atoms with Crippen LogP contribution in [0.15, 0.2) is 42.6 Å². The summed E-state index contributed by atoms with van der Waals surface area (Å²) in [4.78, 5) is 4.80. The molecule has 2 atom stereocenters. The van der Waals surface area contributed by atoms with E-state index in [4.69, 9.17) is 4.98 Å². The fourth-order valence-corrected chi connectivity index (χ4v) is 5.30. The van der Waals surface area contributed by atoms with E-state index in [1.165, 1.54) is 37.7 Å². The van der Waals surface area contributed by atoms with Gasteiger partial charge in [-0.25, -0.2) is 0 Å². The summed E-state index contributed by atoms with van der Waals surface area (Å²) >= 11 is 0. The lowest BCUT2D eigenvalue weighted by atomic mass is 9.67. The Balaban J connectivity index is 1.64. The second-order valence-corrected chi connectivity index (χ2v) is 7.37. The third-order valence-corrected chi connectivity index (χ3v) is 6.06. The third kappa shape index (κ3) is 1.87. The summed E-state index contributed by atoms with van der Waals surface area (Å²) < 4.78 is 0. The zero-order valence-corrected chi connectivity index (χ0v) is 12.3. The number of hydrogen-bond donors (Lipinski definition) is 0. The normalized spacial score (nSPS) is 32.8. The van der Waals surface area contributed by atoms with Crippen molar-refractivity contribution in [3.05, 3.63) is 53.7 Å². The highest BCUT2D eigenvalue weighted by Crippen LogP contribution is 2.56. The SMILES string of the molecule is c1ccc(-c2cc3c(cn2)C2CC4CC(C2)CC3C4)cc1. The van der Waals surface area contributed by atoms with Crippen molar-refractivity contribution in [3.63, 3.8) is 0 Å². The van der Waals surface area contributed by atoms with Gasteiger partial charge in [-0.2, -0.15) is 0 Å². The van der Waals surface area contributed by atoms with Crippen LogP contribution in [0.4, 0.5) is 0 Å². The van der Waals surface area contributed by atoms with Crippen LogP contribution in [-0.4, -0.2) is 4.98 Å². The summed E-state index contributed by atoms with van der Waals surface area (Å²) in [6.07, 6.45) is 9.42. The molecule has 0 N–H and O–H groups in total. The maximum atomic E-state index is 4.80. The van der Waals surface area contributed by atoms with Crippen molar-refractivity contribution in [1.29, 1.82) is 0 Å². The van der Waals surface area contributed by atoms with Crippen molar-refractivity contribution in [2.75, 3.05) is 0 Å². The molecule has 1 heteroatoms. The predicted octanol–water partition coefficient (Wildman–Crippen LogP) is 5.14. The Morgan fingerprint density at radius 2 is 1.43 bits per heavy atom. The molecule has 4 aliphatic carbocycles. The molecular weight excluding hydrogens is 254 g/mol. The highest BCUT2D eigenvalue weighted by Gasteiger charge is 2.42. The van der Waals surface area contributed by atoms with Gasteiger partial charge in [-0.15, -0.1) is 0 Å². The fourth-order valence-electron chi connectivity index (χ4n) is 5.30. The highest BCUT2D eigenvalue weighted by molar-refractivity contribution is 5.61. The van der Waals surface area contributed by atoms with E-state index in [1.54, 1.807) is 11.1 Å². The Hall–Kier alpha value is -1.63. The number of rotatable bonds is 1. The van der Waals surface area contributed by atoms with Crippen molar-refractivity contribution in [3.8, 4) is 11.3 Å². The Kier molecular flexibility index (Phi) is 2.52. The Labute approximate surface area is 126 Å². The smallest absolute Gasteiger partial charge is 0.0705 e. The molecule has 0 aliphatic heterocycles. The van der Waals surface area contributed by atoms with Gasteiger partial charge < -0.3 is 0 Å². The number of aromatic nitrogens is 1. The van der Waals surface area contributed by atoms with Gasteiger partial charge in [-0.3, -0.25) is 4.98 Å². The lowest BCUT2D eigenvalue weighted by Crippen LogP contribution is -2.25. The average Bonchev–Trinajstić information content (AvgIpc) is 2.70. The van der Waals surface area contributed by atoms with Gasteiger partial charge >= 0.3 is 0 Å². The zero-order valence-electron chi connectivity index (χ0n) is 12.3. The van der Waals surface area contributed by atoms with E-state index in [0.717, 1.165) is 29.4 Å². The highest BCUT2D eigenvalue weighted by atomic mass is 14.7. The lowest BCUT2D eigenvalue weighted by Gasteiger charge is -2.38. The van der Waals surface area contributed by atoms with Gasteiger partial charge in [-0.1, -0.05) is 30.3 Å². The summed E-state index contributed by atoms with van der Waals surface area (Å²) in [7, 11) is 0. The van der Waals surface area contributed by atoms with E-state index < -0.39 is 0 Å². The predicted molar refractivity (Wildman–Crippen MR) is 85.2 cm³/mol. The minimum absolute atomic E-state index is 0.800. The van der Waals surface area contributed by atoms with Crippen LogP contribution >= 0.6 is 0 Å². The molecule has 2 aromatic rings. The molecule has 0 amide bonds. The molecule has 4 bridgehead atoms. The van der Waals surface area contributed by atoms with E-state index in [-0.39, 0.29) is 0 Å². The Bertz CT molecular complexity index is 661. The van der Waals surface area contributed by atoms with Crippen LogP contribution in [-0.2, 0) is 0 Å². The minimum atomic E-state index is 0.800. The maximum absolute atomic E-state index is 4.80. The van der Waals surface area contributed by atoms with E-state index in [0.29, 0.717) is 0 Å². The van der Waals surface area contributed by atoms with Gasteiger partial charge in [0.15, 0.2) is 0 Å². The number of hydrogen-bond acceptors (Lipinski definition) is 1. The minimum Gasteiger partial charge on any atom is -0.256 e. The van der Waals surface area contributed by atoms with Crippen molar-refractivity contribution < 1.29 is 0 Å². The molecule has 2 fully saturated rings. The van der Waals surface area contributed by atoms with Gasteiger partial charge in [0.25, 0.3) is 0 Å². The van der Waals surface area contributed by atoms with Crippen molar-refractivity contribution >= 4 is 0 Å². The molecule has 0 saturated heterocycles. The third-order valence-electron chi connectivity index (χ3n) is 6.06. The first-order chi connectivity index (χ1) is 10.4. The second kappa shape index (κ2) is 4.43. The van der Waals surface area contributed by atoms with Crippen LogP contribution in [0.5, 0.6) is 0 Å². The molecule has 0 radical (unpaired) electrons. The second-order valence-electron chi connectivity index (χ2n) is 7.37. The van der Waals surface area contributed by atoms with Crippen LogP contribution in [0.1, 0.15) is 55.1 Å². The fraction of sp³-hybridized carbons (Fsp3) is 0.450. The van der Waals surface area contributed by atoms with Gasteiger partial charge in [0.2, 0.25) is 0 Å². The van der Waals surface area contributed by atoms with Crippen LogP contribution in [0.3, 0.4) is 0 Å². The molecular formula is C20H21N. The Morgan fingerprint density at radius 1 is 0.762 bits per heavy atom. The number of benzene rings is 1. The number of nitrogens with zero attached hydrogens (tertiary/aromatic N) is 1. The van der Waals surface area contributed by atoms with E-state index in [2.05, 4.69) is 42.6 Å². The van der Waals surface area contributed by atoms with Gasteiger partial charge in [0, 0.05) is 11.8 Å². The molecule has 106 valence electrons. The Morgan fingerprint density at radius 3 is 2.14 bits per heavy atom. The maximum Gasteiger partial charge on any atom is 0.0705 e. The van der Waals surface area contributed by atoms with E-state index >= 15 is 0 Å². The summed E-state index contributed by atoms with van der Waals surface area (Å²) in [5, 5.41) is 0. The van der Waals surface area contributed by atoms with Crippen molar-refractivity contribution in [2.24, 2.45) is 11.8 Å². The average molecular weight is 275 g/mol. The van der Waals surface area contributed by atoms with Crippen LogP contribution in [0.25, 0.3) is 11.3 Å². The monoisotopic (exact) mass is 275 g/mol. The molecule has 6 rings (SSSR count). The van der Waals surface area contributed by atoms with Crippen LogP contribution in [0, 0.1) is 11.8 Å². The molecule has 1 heterocycles. The molecule has 2 saturated carbocycles. The molecule has 1 aromatic carbocycles. The topological polar surface area (TPSA) is 12.9 Å². The van der Waals surface area contributed by atoms with E-state index in [1.807, 2.05) is 0 Å². The molecule has 2 unspecified atom stereocenters. The molecule has 0 spiro atoms. The zero-order chi connectivity index (χ0) is 13.8. The molecule has 21 heavy (non-hydrogen) atoms. The first kappa shape index (κ1) is 12.0.